The molecule has 136 valence electrons. The van der Waals surface area contributed by atoms with E-state index in [4.69, 9.17) is 4.52 Å². The van der Waals surface area contributed by atoms with Gasteiger partial charge < -0.3 is 4.52 Å². The number of nitrogens with one attached hydrogen (secondary N) is 1. The molecule has 1 amide bonds. The number of rotatable bonds is 7. The Balaban J connectivity index is 1.72. The van der Waals surface area contributed by atoms with Crippen LogP contribution in [0.4, 0.5) is 5.13 Å². The van der Waals surface area contributed by atoms with Gasteiger partial charge in [-0.25, -0.2) is 0 Å². The van der Waals surface area contributed by atoms with Crippen molar-refractivity contribution in [2.45, 2.75) is 44.3 Å². The maximum absolute atomic E-state index is 12.7. The lowest BCUT2D eigenvalue weighted by Gasteiger charge is -2.08. The highest BCUT2D eigenvalue weighted by molar-refractivity contribution is 7.98. The molecule has 3 aromatic rings. The standard InChI is InChI=1S/C18H20N4O2S2/c1-4-7-16-20-21-18(26-16)19-17(23)13-8-5-6-9-15(13)25-10-14-11(2)22-24-12(14)3/h5-6,8-9H,4,7,10H2,1-3H3,(H,19,21,23). The molecule has 0 aliphatic rings. The van der Waals surface area contributed by atoms with Gasteiger partial charge in [-0.05, 0) is 32.4 Å². The van der Waals surface area contributed by atoms with Gasteiger partial charge in [-0.15, -0.1) is 22.0 Å². The highest BCUT2D eigenvalue weighted by Gasteiger charge is 2.16. The van der Waals surface area contributed by atoms with Crippen molar-refractivity contribution in [3.63, 3.8) is 0 Å². The number of hydrogen-bond acceptors (Lipinski definition) is 7. The van der Waals surface area contributed by atoms with Crippen molar-refractivity contribution >= 4 is 34.1 Å². The number of aryl methyl sites for hydroxylation is 3. The summed E-state index contributed by atoms with van der Waals surface area (Å²) in [7, 11) is 0. The highest BCUT2D eigenvalue weighted by atomic mass is 32.2. The summed E-state index contributed by atoms with van der Waals surface area (Å²) in [6.45, 7) is 5.91. The molecule has 0 bridgehead atoms. The van der Waals surface area contributed by atoms with Crippen LogP contribution in [-0.2, 0) is 12.2 Å². The number of aromatic nitrogens is 3. The first-order chi connectivity index (χ1) is 12.6. The molecule has 0 aliphatic carbocycles. The van der Waals surface area contributed by atoms with E-state index in [9.17, 15) is 4.79 Å². The van der Waals surface area contributed by atoms with Crippen LogP contribution in [0.15, 0.2) is 33.7 Å². The number of hydrogen-bond donors (Lipinski definition) is 1. The molecule has 8 heteroatoms. The summed E-state index contributed by atoms with van der Waals surface area (Å²) in [5.41, 5.74) is 2.57. The van der Waals surface area contributed by atoms with Crippen molar-refractivity contribution in [3.8, 4) is 0 Å². The zero-order chi connectivity index (χ0) is 18.5. The maximum Gasteiger partial charge on any atom is 0.258 e. The molecule has 2 aromatic heterocycles. The molecule has 0 fully saturated rings. The van der Waals surface area contributed by atoms with E-state index < -0.39 is 0 Å². The van der Waals surface area contributed by atoms with E-state index in [1.807, 2.05) is 38.1 Å². The van der Waals surface area contributed by atoms with Gasteiger partial charge in [0.25, 0.3) is 5.91 Å². The molecular weight excluding hydrogens is 368 g/mol. The monoisotopic (exact) mass is 388 g/mol. The summed E-state index contributed by atoms with van der Waals surface area (Å²) in [5, 5.41) is 16.4. The van der Waals surface area contributed by atoms with E-state index in [-0.39, 0.29) is 5.91 Å². The molecule has 2 heterocycles. The van der Waals surface area contributed by atoms with Crippen molar-refractivity contribution in [2.24, 2.45) is 0 Å². The van der Waals surface area contributed by atoms with Gasteiger partial charge in [0.1, 0.15) is 10.8 Å². The van der Waals surface area contributed by atoms with Crippen molar-refractivity contribution in [1.82, 2.24) is 15.4 Å². The molecule has 0 saturated heterocycles. The average molecular weight is 389 g/mol. The molecule has 1 aromatic carbocycles. The van der Waals surface area contributed by atoms with Crippen LogP contribution in [0.5, 0.6) is 0 Å². The molecule has 0 aliphatic heterocycles. The maximum atomic E-state index is 12.7. The quantitative estimate of drug-likeness (QED) is 0.594. The lowest BCUT2D eigenvalue weighted by Crippen LogP contribution is -2.12. The second kappa shape index (κ2) is 8.46. The predicted molar refractivity (Wildman–Crippen MR) is 104 cm³/mol. The minimum atomic E-state index is -0.175. The first-order valence-corrected chi connectivity index (χ1v) is 10.2. The summed E-state index contributed by atoms with van der Waals surface area (Å²) in [6.07, 6.45) is 1.88. The molecule has 1 N–H and O–H groups in total. The molecule has 0 spiro atoms. The van der Waals surface area contributed by atoms with Gasteiger partial charge in [-0.2, -0.15) is 0 Å². The van der Waals surface area contributed by atoms with Crippen molar-refractivity contribution in [3.05, 3.63) is 51.9 Å². The molecule has 26 heavy (non-hydrogen) atoms. The molecular formula is C18H20N4O2S2. The van der Waals surface area contributed by atoms with Crippen LogP contribution >= 0.6 is 23.1 Å². The van der Waals surface area contributed by atoms with Gasteiger partial charge in [0.15, 0.2) is 0 Å². The minimum absolute atomic E-state index is 0.175. The van der Waals surface area contributed by atoms with Crippen LogP contribution in [0.1, 0.15) is 45.7 Å². The number of thioether (sulfide) groups is 1. The van der Waals surface area contributed by atoms with Crippen LogP contribution in [0.2, 0.25) is 0 Å². The van der Waals surface area contributed by atoms with Gasteiger partial charge in [0, 0.05) is 22.6 Å². The second-order valence-corrected chi connectivity index (χ2v) is 7.87. The first kappa shape index (κ1) is 18.6. The minimum Gasteiger partial charge on any atom is -0.361 e. The van der Waals surface area contributed by atoms with Gasteiger partial charge in [-0.1, -0.05) is 35.5 Å². The fourth-order valence-corrected chi connectivity index (χ4v) is 4.46. The topological polar surface area (TPSA) is 80.9 Å². The molecule has 0 radical (unpaired) electrons. The van der Waals surface area contributed by atoms with Crippen LogP contribution in [0, 0.1) is 13.8 Å². The second-order valence-electron chi connectivity index (χ2n) is 5.79. The molecule has 0 saturated carbocycles. The molecule has 0 atom stereocenters. The third kappa shape index (κ3) is 4.31. The Bertz CT molecular complexity index is 885. The van der Waals surface area contributed by atoms with Crippen LogP contribution in [0.25, 0.3) is 0 Å². The van der Waals surface area contributed by atoms with Gasteiger partial charge in [-0.3, -0.25) is 10.1 Å². The largest absolute Gasteiger partial charge is 0.361 e. The van der Waals surface area contributed by atoms with Gasteiger partial charge in [0.2, 0.25) is 5.13 Å². The summed E-state index contributed by atoms with van der Waals surface area (Å²) >= 11 is 3.01. The van der Waals surface area contributed by atoms with E-state index in [2.05, 4.69) is 27.6 Å². The Morgan fingerprint density at radius 1 is 1.27 bits per heavy atom. The number of amides is 1. The number of carbonyl (C=O) groups is 1. The molecule has 3 rings (SSSR count). The molecule has 0 unspecified atom stereocenters. The van der Waals surface area contributed by atoms with Crippen LogP contribution < -0.4 is 5.32 Å². The number of benzene rings is 1. The fourth-order valence-electron chi connectivity index (χ4n) is 2.42. The third-order valence-electron chi connectivity index (χ3n) is 3.84. The Morgan fingerprint density at radius 2 is 2.08 bits per heavy atom. The lowest BCUT2D eigenvalue weighted by atomic mass is 10.2. The Labute approximate surface area is 160 Å². The van der Waals surface area contributed by atoms with Crippen molar-refractivity contribution in [2.75, 3.05) is 5.32 Å². The highest BCUT2D eigenvalue weighted by Crippen LogP contribution is 2.29. The summed E-state index contributed by atoms with van der Waals surface area (Å²) in [5.74, 6) is 1.34. The number of nitrogens with zero attached hydrogens (tertiary/aromatic N) is 3. The zero-order valence-electron chi connectivity index (χ0n) is 14.9. The van der Waals surface area contributed by atoms with E-state index in [0.29, 0.717) is 16.4 Å². The SMILES string of the molecule is CCCc1nnc(NC(=O)c2ccccc2SCc2c(C)noc2C)s1. The fraction of sp³-hybridized carbons (Fsp3) is 0.333. The third-order valence-corrected chi connectivity index (χ3v) is 5.83. The zero-order valence-corrected chi connectivity index (χ0v) is 16.5. The lowest BCUT2D eigenvalue weighted by molar-refractivity contribution is 0.102. The summed E-state index contributed by atoms with van der Waals surface area (Å²) < 4.78 is 5.21. The Hall–Kier alpha value is -2.19. The van der Waals surface area contributed by atoms with E-state index in [0.717, 1.165) is 39.8 Å². The van der Waals surface area contributed by atoms with Crippen molar-refractivity contribution < 1.29 is 9.32 Å². The van der Waals surface area contributed by atoms with E-state index in [1.54, 1.807) is 11.8 Å². The Kier molecular flexibility index (Phi) is 6.05. The number of anilines is 1. The normalized spacial score (nSPS) is 10.9. The van der Waals surface area contributed by atoms with E-state index in [1.165, 1.54) is 11.3 Å². The van der Waals surface area contributed by atoms with Crippen LogP contribution in [-0.4, -0.2) is 21.3 Å². The summed E-state index contributed by atoms with van der Waals surface area (Å²) in [4.78, 5) is 13.6. The summed E-state index contributed by atoms with van der Waals surface area (Å²) in [6, 6.07) is 7.55. The Morgan fingerprint density at radius 3 is 2.81 bits per heavy atom. The van der Waals surface area contributed by atoms with Gasteiger partial charge >= 0.3 is 0 Å². The molecule has 6 nitrogen and oxygen atoms in total. The number of carbonyl (C=O) groups excluding carboxylic acids is 1. The van der Waals surface area contributed by atoms with E-state index >= 15 is 0 Å². The first-order valence-electron chi connectivity index (χ1n) is 8.35. The van der Waals surface area contributed by atoms with Crippen LogP contribution in [0.3, 0.4) is 0 Å². The van der Waals surface area contributed by atoms with Crippen molar-refractivity contribution in [1.29, 1.82) is 0 Å². The van der Waals surface area contributed by atoms with Gasteiger partial charge in [0.05, 0.1) is 11.3 Å². The average Bonchev–Trinajstić information content (AvgIpc) is 3.20. The smallest absolute Gasteiger partial charge is 0.258 e. The predicted octanol–water partition coefficient (Wildman–Crippen LogP) is 4.64.